The first-order valence-corrected chi connectivity index (χ1v) is 12.6. The Kier molecular flexibility index (Phi) is 10.2. The fourth-order valence-electron chi connectivity index (χ4n) is 4.50. The highest BCUT2D eigenvalue weighted by Gasteiger charge is 2.32. The molecular weight excluding hydrogens is 568 g/mol. The summed E-state index contributed by atoms with van der Waals surface area (Å²) in [6, 6.07) is 3.16. The number of carboxylic acid groups (broad SMARTS) is 1. The number of nitrogens with one attached hydrogen (secondary N) is 2. The zero-order valence-electron chi connectivity index (χ0n) is 23.5. The van der Waals surface area contributed by atoms with Crippen molar-refractivity contribution in [2.45, 2.75) is 60.4 Å². The molecule has 0 spiro atoms. The number of pyridine rings is 1. The van der Waals surface area contributed by atoms with E-state index in [-0.39, 0.29) is 52.9 Å². The number of aromatic nitrogens is 1. The number of ketones is 1. The van der Waals surface area contributed by atoms with Gasteiger partial charge in [0, 0.05) is 28.8 Å². The first-order valence-electron chi connectivity index (χ1n) is 12.6. The van der Waals surface area contributed by atoms with Crippen LogP contribution in [0.5, 0.6) is 11.5 Å². The number of aryl methyl sites for hydroxylation is 1. The van der Waals surface area contributed by atoms with E-state index < -0.39 is 23.8 Å². The molecule has 2 heterocycles. The normalized spacial score (nSPS) is 12.5. The lowest BCUT2D eigenvalue weighted by atomic mass is 9.83. The number of fused-ring (bicyclic) bond motifs is 1. The van der Waals surface area contributed by atoms with Crippen molar-refractivity contribution in [3.8, 4) is 11.5 Å². The Labute approximate surface area is 239 Å². The van der Waals surface area contributed by atoms with Crippen molar-refractivity contribution in [1.82, 2.24) is 15.2 Å². The Bertz CT molecular complexity index is 1300. The maximum atomic E-state index is 13.6. The highest BCUT2D eigenvalue weighted by molar-refractivity contribution is 8.93. The van der Waals surface area contributed by atoms with Crippen LogP contribution in [0, 0.1) is 19.3 Å². The third-order valence-electron chi connectivity index (χ3n) is 6.35. The highest BCUT2D eigenvalue weighted by atomic mass is 79.9. The number of aliphatic carboxylic acids is 1. The lowest BCUT2D eigenvalue weighted by molar-refractivity contribution is -0.135. The van der Waals surface area contributed by atoms with Crippen molar-refractivity contribution in [3.05, 3.63) is 51.3 Å². The molecule has 1 aliphatic heterocycles. The lowest BCUT2D eigenvalue weighted by Crippen LogP contribution is -2.32. The Morgan fingerprint density at radius 1 is 1.10 bits per heavy atom. The monoisotopic (exact) mass is 604 g/mol. The number of rotatable bonds is 10. The minimum atomic E-state index is -1.18. The predicted molar refractivity (Wildman–Crippen MR) is 153 cm³/mol. The molecule has 0 radical (unpaired) electrons. The van der Waals surface area contributed by atoms with Crippen LogP contribution in [0.25, 0.3) is 0 Å². The van der Waals surface area contributed by atoms with Gasteiger partial charge in [0.15, 0.2) is 5.78 Å². The van der Waals surface area contributed by atoms with Crippen LogP contribution in [-0.2, 0) is 16.8 Å². The largest absolute Gasteiger partial charge is 0.493 e. The number of halogens is 1. The topological polar surface area (TPSA) is 142 Å². The highest BCUT2D eigenvalue weighted by Crippen LogP contribution is 2.37. The van der Waals surface area contributed by atoms with Crippen molar-refractivity contribution >= 4 is 40.5 Å². The molecule has 3 N–H and O–H groups in total. The first-order chi connectivity index (χ1) is 17.8. The number of ether oxygens (including phenoxy) is 2. The van der Waals surface area contributed by atoms with E-state index in [0.717, 1.165) is 11.1 Å². The number of Topliss-reactive ketones (excluding diaryl/α,β-unsaturated/α-hetero) is 1. The van der Waals surface area contributed by atoms with Crippen LogP contribution in [0.2, 0.25) is 0 Å². The second-order valence-electron chi connectivity index (χ2n) is 10.2. The van der Waals surface area contributed by atoms with E-state index in [1.165, 1.54) is 6.07 Å². The number of carbonyl (C=O) groups is 3. The Hall–Kier alpha value is -3.47. The molecule has 0 saturated heterocycles. The standard InChI is InChI=1S/C28H36N4O6.BrH/c1-8-37-24-15(3)19-13-32(26(29)23(19)31-16(24)4)14-21(33)17-10-18(27(36)30-12-22(34)35)25(38-9-2)20(11-17)28(5,6)7;/h10-11,29H,8-9,12-14H2,1-7H3,(H,30,36)(H,34,35);1H. The van der Waals surface area contributed by atoms with Gasteiger partial charge in [-0.2, -0.15) is 0 Å². The summed E-state index contributed by atoms with van der Waals surface area (Å²) in [6.07, 6.45) is 0. The summed E-state index contributed by atoms with van der Waals surface area (Å²) in [6.45, 7) is 13.8. The van der Waals surface area contributed by atoms with Gasteiger partial charge < -0.3 is 24.8 Å². The van der Waals surface area contributed by atoms with Gasteiger partial charge in [0.05, 0.1) is 31.0 Å². The molecule has 1 aromatic heterocycles. The van der Waals surface area contributed by atoms with Crippen LogP contribution in [-0.4, -0.2) is 64.8 Å². The summed E-state index contributed by atoms with van der Waals surface area (Å²) in [7, 11) is 0. The molecule has 10 nitrogen and oxygen atoms in total. The summed E-state index contributed by atoms with van der Waals surface area (Å²) < 4.78 is 11.6. The van der Waals surface area contributed by atoms with E-state index in [0.29, 0.717) is 41.6 Å². The van der Waals surface area contributed by atoms with Gasteiger partial charge in [0.1, 0.15) is 29.6 Å². The molecule has 3 rings (SSSR count). The van der Waals surface area contributed by atoms with Crippen LogP contribution in [0.3, 0.4) is 0 Å². The van der Waals surface area contributed by atoms with Crippen LogP contribution in [0.4, 0.5) is 0 Å². The van der Waals surface area contributed by atoms with Gasteiger partial charge in [-0.15, -0.1) is 17.0 Å². The molecule has 2 aromatic rings. The second kappa shape index (κ2) is 12.6. The number of amidine groups is 1. The van der Waals surface area contributed by atoms with Crippen molar-refractivity contribution in [1.29, 1.82) is 5.41 Å². The molecule has 1 aromatic carbocycles. The van der Waals surface area contributed by atoms with E-state index in [1.807, 2.05) is 41.5 Å². The summed E-state index contributed by atoms with van der Waals surface area (Å²) in [5, 5.41) is 20.1. The molecule has 212 valence electrons. The molecule has 1 aliphatic rings. The van der Waals surface area contributed by atoms with E-state index in [9.17, 15) is 14.4 Å². The Morgan fingerprint density at radius 3 is 2.28 bits per heavy atom. The first kappa shape index (κ1) is 31.7. The summed E-state index contributed by atoms with van der Waals surface area (Å²) in [4.78, 5) is 43.8. The van der Waals surface area contributed by atoms with Gasteiger partial charge in [-0.1, -0.05) is 20.8 Å². The van der Waals surface area contributed by atoms with Crippen molar-refractivity contribution in [2.24, 2.45) is 0 Å². The Morgan fingerprint density at radius 2 is 1.72 bits per heavy atom. The molecule has 0 bridgehead atoms. The lowest BCUT2D eigenvalue weighted by Gasteiger charge is -2.26. The van der Waals surface area contributed by atoms with Gasteiger partial charge in [-0.3, -0.25) is 19.8 Å². The van der Waals surface area contributed by atoms with E-state index in [2.05, 4.69) is 10.3 Å². The fourth-order valence-corrected chi connectivity index (χ4v) is 4.50. The van der Waals surface area contributed by atoms with E-state index in [4.69, 9.17) is 20.0 Å². The number of nitrogens with zero attached hydrogens (tertiary/aromatic N) is 2. The molecule has 0 unspecified atom stereocenters. The average Bonchev–Trinajstić information content (AvgIpc) is 3.14. The molecule has 0 saturated carbocycles. The molecule has 0 atom stereocenters. The van der Waals surface area contributed by atoms with Crippen LogP contribution in [0.15, 0.2) is 12.1 Å². The SMILES string of the molecule is Br.CCOc1c(C(=O)NCC(=O)O)cc(C(=O)CN2Cc3c(nc(C)c(OCC)c3C)C2=N)cc1C(C)(C)C. The van der Waals surface area contributed by atoms with Crippen molar-refractivity contribution in [3.63, 3.8) is 0 Å². The quantitative estimate of drug-likeness (QED) is 0.342. The maximum absolute atomic E-state index is 13.6. The Balaban J connectivity index is 0.00000533. The summed E-state index contributed by atoms with van der Waals surface area (Å²) >= 11 is 0. The molecular formula is C28H37BrN4O6. The third-order valence-corrected chi connectivity index (χ3v) is 6.35. The zero-order chi connectivity index (χ0) is 28.4. The molecule has 1 amide bonds. The van der Waals surface area contributed by atoms with Crippen LogP contribution in [0.1, 0.15) is 83.4 Å². The molecule has 39 heavy (non-hydrogen) atoms. The summed E-state index contributed by atoms with van der Waals surface area (Å²) in [5.41, 5.74) is 3.53. The van der Waals surface area contributed by atoms with Crippen LogP contribution < -0.4 is 14.8 Å². The minimum Gasteiger partial charge on any atom is -0.493 e. The van der Waals surface area contributed by atoms with Gasteiger partial charge in [0.25, 0.3) is 5.91 Å². The zero-order valence-corrected chi connectivity index (χ0v) is 25.2. The number of carbonyl (C=O) groups excluding carboxylic acids is 2. The van der Waals surface area contributed by atoms with E-state index in [1.54, 1.807) is 17.9 Å². The third kappa shape index (κ3) is 6.76. The fraction of sp³-hybridized carbons (Fsp3) is 0.464. The molecule has 11 heteroatoms. The van der Waals surface area contributed by atoms with Gasteiger partial charge in [-0.05, 0) is 45.2 Å². The number of hydrogen-bond acceptors (Lipinski definition) is 7. The number of benzene rings is 1. The average molecular weight is 606 g/mol. The summed E-state index contributed by atoms with van der Waals surface area (Å²) in [5.74, 6) is -0.939. The van der Waals surface area contributed by atoms with Crippen LogP contribution >= 0.6 is 17.0 Å². The van der Waals surface area contributed by atoms with E-state index >= 15 is 0 Å². The number of amides is 1. The number of hydrogen-bond donors (Lipinski definition) is 3. The van der Waals surface area contributed by atoms with Gasteiger partial charge in [-0.25, -0.2) is 4.98 Å². The second-order valence-corrected chi connectivity index (χ2v) is 10.2. The molecule has 0 aliphatic carbocycles. The smallest absolute Gasteiger partial charge is 0.322 e. The maximum Gasteiger partial charge on any atom is 0.322 e. The van der Waals surface area contributed by atoms with Crippen molar-refractivity contribution < 1.29 is 29.0 Å². The molecule has 0 fully saturated rings. The van der Waals surface area contributed by atoms with Gasteiger partial charge in [0.2, 0.25) is 0 Å². The number of carboxylic acids is 1. The minimum absolute atomic E-state index is 0. The van der Waals surface area contributed by atoms with Crippen molar-refractivity contribution in [2.75, 3.05) is 26.3 Å². The predicted octanol–water partition coefficient (Wildman–Crippen LogP) is 4.21. The van der Waals surface area contributed by atoms with Gasteiger partial charge >= 0.3 is 5.97 Å².